The van der Waals surface area contributed by atoms with Crippen molar-refractivity contribution in [3.8, 4) is 0 Å². The van der Waals surface area contributed by atoms with Crippen LogP contribution in [0.3, 0.4) is 0 Å². The van der Waals surface area contributed by atoms with Crippen LogP contribution in [0.2, 0.25) is 0 Å². The minimum Gasteiger partial charge on any atom is -0.458 e. The van der Waals surface area contributed by atoms with Gasteiger partial charge in [0.15, 0.2) is 5.78 Å². The Kier molecular flexibility index (Phi) is 6.45. The first-order chi connectivity index (χ1) is 13.4. The Labute approximate surface area is 167 Å². The molecule has 0 bridgehead atoms. The second kappa shape index (κ2) is 9.01. The van der Waals surface area contributed by atoms with Gasteiger partial charge in [0.1, 0.15) is 6.10 Å². The number of ketones is 1. The molecule has 0 heterocycles. The Hall–Kier alpha value is -2.68. The Morgan fingerprint density at radius 2 is 1.71 bits per heavy atom. The quantitative estimate of drug-likeness (QED) is 0.490. The maximum absolute atomic E-state index is 13.3. The summed E-state index contributed by atoms with van der Waals surface area (Å²) in [5, 5.41) is 0. The van der Waals surface area contributed by atoms with Gasteiger partial charge in [0.2, 0.25) is 0 Å². The topological polar surface area (TPSA) is 43.4 Å². The van der Waals surface area contributed by atoms with E-state index in [0.29, 0.717) is 0 Å². The van der Waals surface area contributed by atoms with Gasteiger partial charge in [-0.15, -0.1) is 0 Å². The van der Waals surface area contributed by atoms with Crippen molar-refractivity contribution in [1.29, 1.82) is 0 Å². The monoisotopic (exact) mass is 376 g/mol. The number of benzene rings is 2. The van der Waals surface area contributed by atoms with Gasteiger partial charge in [-0.25, -0.2) is 0 Å². The fraction of sp³-hybridized carbons (Fsp3) is 0.360. The number of carbonyl (C=O) groups is 2. The normalized spacial score (nSPS) is 20.2. The lowest BCUT2D eigenvalue weighted by Crippen LogP contribution is -2.31. The molecule has 3 rings (SSSR count). The van der Waals surface area contributed by atoms with Gasteiger partial charge in [0, 0.05) is 24.3 Å². The molecule has 0 radical (unpaired) electrons. The molecule has 0 aromatic heterocycles. The largest absolute Gasteiger partial charge is 0.458 e. The van der Waals surface area contributed by atoms with Crippen molar-refractivity contribution in [2.75, 3.05) is 0 Å². The van der Waals surface area contributed by atoms with Crippen LogP contribution in [-0.2, 0) is 9.53 Å². The van der Waals surface area contributed by atoms with Crippen LogP contribution in [0.15, 0.2) is 54.6 Å². The fourth-order valence-corrected chi connectivity index (χ4v) is 4.27. The van der Waals surface area contributed by atoms with E-state index in [0.717, 1.165) is 41.5 Å². The third-order valence-electron chi connectivity index (χ3n) is 5.41. The highest BCUT2D eigenvalue weighted by Gasteiger charge is 2.39. The van der Waals surface area contributed by atoms with E-state index in [2.05, 4.69) is 6.07 Å². The van der Waals surface area contributed by atoms with Crippen LogP contribution in [0.1, 0.15) is 53.2 Å². The molecule has 146 valence electrons. The van der Waals surface area contributed by atoms with Crippen LogP contribution < -0.4 is 0 Å². The average molecular weight is 376 g/mol. The molecule has 1 aliphatic carbocycles. The molecule has 0 N–H and O–H groups in total. The van der Waals surface area contributed by atoms with Gasteiger partial charge in [-0.2, -0.15) is 0 Å². The molecule has 1 saturated carbocycles. The lowest BCUT2D eigenvalue weighted by atomic mass is 9.84. The summed E-state index contributed by atoms with van der Waals surface area (Å²) in [6.45, 7) is 5.46. The van der Waals surface area contributed by atoms with Gasteiger partial charge < -0.3 is 4.74 Å². The lowest BCUT2D eigenvalue weighted by molar-refractivity contribution is -0.146. The standard InChI is InChI=1S/C25H28O3/c1-17-14-18(2)16-21(15-17)25(27)23-11-7-10-22(23)24(28-19(3)26)13-12-20-8-5-4-6-9-20/h4-6,8-9,12-16,22-24H,7,10-11H2,1-3H3/b13-12+/t22-,23-,24?/m0/s1. The zero-order valence-electron chi connectivity index (χ0n) is 16.9. The number of aryl methyl sites for hydroxylation is 2. The molecular formula is C25H28O3. The number of esters is 1. The Bertz CT molecular complexity index is 846. The number of hydrogen-bond donors (Lipinski definition) is 0. The Morgan fingerprint density at radius 3 is 2.36 bits per heavy atom. The summed E-state index contributed by atoms with van der Waals surface area (Å²) < 4.78 is 5.64. The van der Waals surface area contributed by atoms with E-state index in [9.17, 15) is 9.59 Å². The minimum atomic E-state index is -0.389. The predicted molar refractivity (Wildman–Crippen MR) is 112 cm³/mol. The van der Waals surface area contributed by atoms with Gasteiger partial charge in [-0.05, 0) is 50.5 Å². The lowest BCUT2D eigenvalue weighted by Gasteiger charge is -2.25. The number of carbonyl (C=O) groups excluding carboxylic acids is 2. The van der Waals surface area contributed by atoms with Crippen molar-refractivity contribution >= 4 is 17.8 Å². The molecule has 28 heavy (non-hydrogen) atoms. The van der Waals surface area contributed by atoms with Crippen molar-refractivity contribution < 1.29 is 14.3 Å². The third kappa shape index (κ3) is 4.98. The Morgan fingerprint density at radius 1 is 1.04 bits per heavy atom. The maximum atomic E-state index is 13.3. The molecule has 0 saturated heterocycles. The molecule has 3 nitrogen and oxygen atoms in total. The van der Waals surface area contributed by atoms with Crippen molar-refractivity contribution in [2.45, 2.75) is 46.1 Å². The van der Waals surface area contributed by atoms with Crippen molar-refractivity contribution in [2.24, 2.45) is 11.8 Å². The van der Waals surface area contributed by atoms with Crippen molar-refractivity contribution in [3.63, 3.8) is 0 Å². The van der Waals surface area contributed by atoms with Crippen LogP contribution in [0.25, 0.3) is 6.08 Å². The van der Waals surface area contributed by atoms with Crippen LogP contribution in [0.5, 0.6) is 0 Å². The summed E-state index contributed by atoms with van der Waals surface area (Å²) in [5.74, 6) is -0.255. The molecule has 0 amide bonds. The van der Waals surface area contributed by atoms with Crippen LogP contribution in [0, 0.1) is 25.7 Å². The van der Waals surface area contributed by atoms with E-state index < -0.39 is 0 Å². The molecule has 3 heteroatoms. The van der Waals surface area contributed by atoms with Gasteiger partial charge in [0.05, 0.1) is 0 Å². The summed E-state index contributed by atoms with van der Waals surface area (Å²) in [6.07, 6.45) is 6.23. The summed E-state index contributed by atoms with van der Waals surface area (Å²) in [6, 6.07) is 15.9. The van der Waals surface area contributed by atoms with E-state index in [4.69, 9.17) is 4.74 Å². The van der Waals surface area contributed by atoms with E-state index in [1.165, 1.54) is 6.92 Å². The highest BCUT2D eigenvalue weighted by molar-refractivity contribution is 5.98. The second-order valence-electron chi connectivity index (χ2n) is 7.79. The average Bonchev–Trinajstić information content (AvgIpc) is 3.14. The second-order valence-corrected chi connectivity index (χ2v) is 7.79. The predicted octanol–water partition coefficient (Wildman–Crippen LogP) is 5.55. The van der Waals surface area contributed by atoms with Gasteiger partial charge in [-0.1, -0.05) is 60.0 Å². The number of ether oxygens (including phenoxy) is 1. The van der Waals surface area contributed by atoms with E-state index in [1.807, 2.05) is 68.5 Å². The molecule has 0 aliphatic heterocycles. The number of Topliss-reactive ketones (excluding diaryl/α,β-unsaturated/α-hetero) is 1. The van der Waals surface area contributed by atoms with E-state index in [1.54, 1.807) is 0 Å². The summed E-state index contributed by atoms with van der Waals surface area (Å²) in [7, 11) is 0. The van der Waals surface area contributed by atoms with Gasteiger partial charge in [-0.3, -0.25) is 9.59 Å². The smallest absolute Gasteiger partial charge is 0.303 e. The van der Waals surface area contributed by atoms with Crippen molar-refractivity contribution in [3.05, 3.63) is 76.9 Å². The zero-order chi connectivity index (χ0) is 20.1. The van der Waals surface area contributed by atoms with Crippen LogP contribution in [-0.4, -0.2) is 17.9 Å². The van der Waals surface area contributed by atoms with Crippen molar-refractivity contribution in [1.82, 2.24) is 0 Å². The van der Waals surface area contributed by atoms with Crippen LogP contribution >= 0.6 is 0 Å². The van der Waals surface area contributed by atoms with Gasteiger partial charge in [0.25, 0.3) is 0 Å². The minimum absolute atomic E-state index is 0.0113. The van der Waals surface area contributed by atoms with E-state index in [-0.39, 0.29) is 29.7 Å². The molecule has 0 spiro atoms. The van der Waals surface area contributed by atoms with Crippen LogP contribution in [0.4, 0.5) is 0 Å². The van der Waals surface area contributed by atoms with Gasteiger partial charge >= 0.3 is 5.97 Å². The fourth-order valence-electron chi connectivity index (χ4n) is 4.27. The molecule has 3 atom stereocenters. The molecule has 1 aliphatic rings. The highest BCUT2D eigenvalue weighted by Crippen LogP contribution is 2.38. The zero-order valence-corrected chi connectivity index (χ0v) is 16.9. The molecule has 1 unspecified atom stereocenters. The van der Waals surface area contributed by atoms with E-state index >= 15 is 0 Å². The third-order valence-corrected chi connectivity index (χ3v) is 5.41. The SMILES string of the molecule is CC(=O)OC(/C=C/c1ccccc1)[C@H]1CCC[C@@H]1C(=O)c1cc(C)cc(C)c1. The molecular weight excluding hydrogens is 348 g/mol. The first-order valence-corrected chi connectivity index (χ1v) is 9.97. The number of hydrogen-bond acceptors (Lipinski definition) is 3. The first kappa shape index (κ1) is 20.1. The summed E-state index contributed by atoms with van der Waals surface area (Å²) in [5.41, 5.74) is 4.01. The molecule has 2 aromatic carbocycles. The highest BCUT2D eigenvalue weighted by atomic mass is 16.5. The molecule has 2 aromatic rings. The maximum Gasteiger partial charge on any atom is 0.303 e. The summed E-state index contributed by atoms with van der Waals surface area (Å²) in [4.78, 5) is 25.0. The molecule has 1 fully saturated rings. The summed E-state index contributed by atoms with van der Waals surface area (Å²) >= 11 is 0. The number of rotatable bonds is 6. The Balaban J connectivity index is 1.85. The first-order valence-electron chi connectivity index (χ1n) is 9.97.